The van der Waals surface area contributed by atoms with Gasteiger partial charge in [0, 0.05) is 37.2 Å². The first kappa shape index (κ1) is 20.9. The summed E-state index contributed by atoms with van der Waals surface area (Å²) in [5.74, 6) is -0.757. The number of piperidine rings is 1. The minimum absolute atomic E-state index is 0.0109. The van der Waals surface area contributed by atoms with Crippen LogP contribution >= 0.6 is 0 Å². The highest BCUT2D eigenvalue weighted by atomic mass is 16.4. The number of carbonyl (C=O) groups excluding carboxylic acids is 2. The van der Waals surface area contributed by atoms with Gasteiger partial charge < -0.3 is 15.3 Å². The maximum atomic E-state index is 12.7. The molecular weight excluding hydrogens is 344 g/mol. The normalized spacial score (nSPS) is 17.4. The van der Waals surface area contributed by atoms with Crippen LogP contribution < -0.4 is 5.32 Å². The van der Waals surface area contributed by atoms with Gasteiger partial charge in [-0.1, -0.05) is 20.8 Å². The van der Waals surface area contributed by atoms with Crippen molar-refractivity contribution in [1.82, 2.24) is 10.2 Å². The Kier molecular flexibility index (Phi) is 6.99. The minimum Gasteiger partial charge on any atom is -0.481 e. The van der Waals surface area contributed by atoms with Gasteiger partial charge in [-0.3, -0.25) is 14.4 Å². The van der Waals surface area contributed by atoms with Crippen molar-refractivity contribution in [3.63, 3.8) is 0 Å². The molecule has 0 bridgehead atoms. The third-order valence-corrected chi connectivity index (χ3v) is 4.75. The van der Waals surface area contributed by atoms with Crippen LogP contribution in [0.15, 0.2) is 24.3 Å². The fraction of sp³-hybridized carbons (Fsp3) is 0.571. The quantitative estimate of drug-likeness (QED) is 0.801. The van der Waals surface area contributed by atoms with Crippen LogP contribution in [0, 0.1) is 11.3 Å². The van der Waals surface area contributed by atoms with Gasteiger partial charge in [0.1, 0.15) is 0 Å². The first-order valence-electron chi connectivity index (χ1n) is 9.55. The molecule has 0 aromatic heterocycles. The van der Waals surface area contributed by atoms with Gasteiger partial charge in [0.2, 0.25) is 0 Å². The Hall–Kier alpha value is -2.37. The lowest BCUT2D eigenvalue weighted by Gasteiger charge is -2.32. The van der Waals surface area contributed by atoms with Crippen molar-refractivity contribution in [1.29, 1.82) is 0 Å². The van der Waals surface area contributed by atoms with Gasteiger partial charge in [0.15, 0.2) is 0 Å². The molecule has 6 heteroatoms. The number of carbonyl (C=O) groups is 3. The highest BCUT2D eigenvalue weighted by Crippen LogP contribution is 2.22. The second kappa shape index (κ2) is 9.02. The Morgan fingerprint density at radius 1 is 1.15 bits per heavy atom. The number of carboxylic acids is 1. The Bertz CT molecular complexity index is 676. The van der Waals surface area contributed by atoms with Crippen LogP contribution in [-0.4, -0.2) is 47.4 Å². The van der Waals surface area contributed by atoms with Crippen LogP contribution in [0.5, 0.6) is 0 Å². The lowest BCUT2D eigenvalue weighted by molar-refractivity contribution is -0.137. The predicted molar refractivity (Wildman–Crippen MR) is 104 cm³/mol. The van der Waals surface area contributed by atoms with Gasteiger partial charge >= 0.3 is 5.97 Å². The highest BCUT2D eigenvalue weighted by Gasteiger charge is 2.25. The molecule has 1 aliphatic rings. The lowest BCUT2D eigenvalue weighted by Crippen LogP contribution is -2.40. The molecule has 1 unspecified atom stereocenters. The van der Waals surface area contributed by atoms with Crippen molar-refractivity contribution in [3.8, 4) is 0 Å². The third kappa shape index (κ3) is 6.70. The SMILES string of the molecule is CC(C)(C)CNC(=O)c1ccc(C(=O)N2CCCC(CCC(=O)O)C2)cc1. The zero-order valence-electron chi connectivity index (χ0n) is 16.5. The summed E-state index contributed by atoms with van der Waals surface area (Å²) in [7, 11) is 0. The Morgan fingerprint density at radius 3 is 2.37 bits per heavy atom. The summed E-state index contributed by atoms with van der Waals surface area (Å²) in [6.07, 6.45) is 2.60. The number of hydrogen-bond donors (Lipinski definition) is 2. The van der Waals surface area contributed by atoms with Gasteiger partial charge in [-0.25, -0.2) is 0 Å². The average molecular weight is 374 g/mol. The smallest absolute Gasteiger partial charge is 0.303 e. The van der Waals surface area contributed by atoms with E-state index in [2.05, 4.69) is 26.1 Å². The first-order chi connectivity index (χ1) is 12.7. The number of aliphatic carboxylic acids is 1. The average Bonchev–Trinajstić information content (AvgIpc) is 2.63. The molecule has 6 nitrogen and oxygen atoms in total. The molecule has 0 radical (unpaired) electrons. The number of nitrogens with one attached hydrogen (secondary N) is 1. The largest absolute Gasteiger partial charge is 0.481 e. The van der Waals surface area contributed by atoms with Gasteiger partial charge in [-0.2, -0.15) is 0 Å². The van der Waals surface area contributed by atoms with E-state index in [4.69, 9.17) is 5.11 Å². The number of likely N-dealkylation sites (tertiary alicyclic amines) is 1. The molecule has 1 aromatic rings. The topological polar surface area (TPSA) is 86.7 Å². The molecule has 2 N–H and O–H groups in total. The predicted octanol–water partition coefficient (Wildman–Crippen LogP) is 3.18. The summed E-state index contributed by atoms with van der Waals surface area (Å²) in [5.41, 5.74) is 1.10. The number of hydrogen-bond acceptors (Lipinski definition) is 3. The minimum atomic E-state index is -0.793. The van der Waals surface area contributed by atoms with Crippen molar-refractivity contribution < 1.29 is 19.5 Å². The van der Waals surface area contributed by atoms with Crippen molar-refractivity contribution in [2.24, 2.45) is 11.3 Å². The number of nitrogens with zero attached hydrogens (tertiary/aromatic N) is 1. The van der Waals surface area contributed by atoms with E-state index in [-0.39, 0.29) is 29.6 Å². The summed E-state index contributed by atoms with van der Waals surface area (Å²) in [5, 5.41) is 11.7. The van der Waals surface area contributed by atoms with Gasteiger partial charge in [0.05, 0.1) is 0 Å². The van der Waals surface area contributed by atoms with Crippen LogP contribution in [0.25, 0.3) is 0 Å². The number of rotatable bonds is 6. The van der Waals surface area contributed by atoms with E-state index in [9.17, 15) is 14.4 Å². The Labute approximate surface area is 160 Å². The van der Waals surface area contributed by atoms with Gasteiger partial charge in [0.25, 0.3) is 11.8 Å². The van der Waals surface area contributed by atoms with E-state index < -0.39 is 5.97 Å². The van der Waals surface area contributed by atoms with Crippen LogP contribution in [0.2, 0.25) is 0 Å². The monoisotopic (exact) mass is 374 g/mol. The molecule has 148 valence electrons. The molecule has 0 spiro atoms. The van der Waals surface area contributed by atoms with E-state index in [1.807, 2.05) is 0 Å². The molecule has 1 saturated heterocycles. The molecule has 1 atom stereocenters. The highest BCUT2D eigenvalue weighted by molar-refractivity contribution is 5.97. The van der Waals surface area contributed by atoms with E-state index in [1.54, 1.807) is 29.2 Å². The summed E-state index contributed by atoms with van der Waals surface area (Å²) >= 11 is 0. The molecule has 2 amide bonds. The van der Waals surface area contributed by atoms with E-state index in [1.165, 1.54) is 0 Å². The lowest BCUT2D eigenvalue weighted by atomic mass is 9.93. The van der Waals surface area contributed by atoms with E-state index in [0.29, 0.717) is 37.2 Å². The molecule has 2 rings (SSSR count). The van der Waals surface area contributed by atoms with Gasteiger partial charge in [-0.05, 0) is 54.9 Å². The van der Waals surface area contributed by atoms with Crippen LogP contribution in [0.1, 0.15) is 67.2 Å². The first-order valence-corrected chi connectivity index (χ1v) is 9.55. The standard InChI is InChI=1S/C21H30N2O4/c1-21(2,3)14-22-19(26)16-7-9-17(10-8-16)20(27)23-12-4-5-15(13-23)6-11-18(24)25/h7-10,15H,4-6,11-14H2,1-3H3,(H,22,26)(H,24,25). The van der Waals surface area contributed by atoms with Gasteiger partial charge in [-0.15, -0.1) is 0 Å². The molecule has 1 aliphatic heterocycles. The van der Waals surface area contributed by atoms with Crippen LogP contribution in [0.3, 0.4) is 0 Å². The zero-order valence-corrected chi connectivity index (χ0v) is 16.5. The molecule has 1 heterocycles. The van der Waals surface area contributed by atoms with E-state index in [0.717, 1.165) is 12.8 Å². The van der Waals surface area contributed by atoms with Crippen molar-refractivity contribution in [2.45, 2.75) is 46.5 Å². The molecule has 0 aliphatic carbocycles. The maximum absolute atomic E-state index is 12.7. The fourth-order valence-corrected chi connectivity index (χ4v) is 3.21. The second-order valence-corrected chi connectivity index (χ2v) is 8.51. The molecule has 27 heavy (non-hydrogen) atoms. The third-order valence-electron chi connectivity index (χ3n) is 4.75. The van der Waals surface area contributed by atoms with Crippen molar-refractivity contribution in [2.75, 3.05) is 19.6 Å². The second-order valence-electron chi connectivity index (χ2n) is 8.51. The fourth-order valence-electron chi connectivity index (χ4n) is 3.21. The van der Waals surface area contributed by atoms with E-state index >= 15 is 0 Å². The van der Waals surface area contributed by atoms with Crippen LogP contribution in [0.4, 0.5) is 0 Å². The maximum Gasteiger partial charge on any atom is 0.303 e. The summed E-state index contributed by atoms with van der Waals surface area (Å²) in [6.45, 7) is 8.03. The zero-order chi connectivity index (χ0) is 20.0. The molecule has 1 aromatic carbocycles. The molecular formula is C21H30N2O4. The number of carboxylic acid groups (broad SMARTS) is 1. The Morgan fingerprint density at radius 2 is 1.78 bits per heavy atom. The van der Waals surface area contributed by atoms with Crippen LogP contribution in [-0.2, 0) is 4.79 Å². The number of benzene rings is 1. The summed E-state index contributed by atoms with van der Waals surface area (Å²) < 4.78 is 0. The summed E-state index contributed by atoms with van der Waals surface area (Å²) in [4.78, 5) is 37.5. The van der Waals surface area contributed by atoms with Crippen molar-refractivity contribution in [3.05, 3.63) is 35.4 Å². The van der Waals surface area contributed by atoms with Crippen molar-refractivity contribution >= 4 is 17.8 Å². The summed E-state index contributed by atoms with van der Waals surface area (Å²) in [6, 6.07) is 6.73. The molecule has 1 fully saturated rings. The Balaban J connectivity index is 1.94. The molecule has 0 saturated carbocycles. The number of amides is 2.